The Hall–Kier alpha value is -0.110. The lowest BCUT2D eigenvalue weighted by molar-refractivity contribution is -0.128. The lowest BCUT2D eigenvalue weighted by Gasteiger charge is -2.36. The fourth-order valence-corrected chi connectivity index (χ4v) is 2.28. The third kappa shape index (κ3) is 1.26. The van der Waals surface area contributed by atoms with Crippen molar-refractivity contribution in [3.8, 4) is 0 Å². The van der Waals surface area contributed by atoms with E-state index in [9.17, 15) is 4.79 Å². The van der Waals surface area contributed by atoms with Crippen molar-refractivity contribution in [3.05, 3.63) is 12.2 Å². The molecular weight excluding hydrogens is 216 g/mol. The zero-order valence-electron chi connectivity index (χ0n) is 7.86. The van der Waals surface area contributed by atoms with Gasteiger partial charge in [-0.1, -0.05) is 48.9 Å². The van der Waals surface area contributed by atoms with Crippen LogP contribution in [-0.4, -0.2) is 11.1 Å². The van der Waals surface area contributed by atoms with E-state index in [0.717, 1.165) is 6.42 Å². The zero-order chi connectivity index (χ0) is 9.41. The number of allylic oxidation sites excluding steroid dienone is 2. The monoisotopic (exact) mass is 230 g/mol. The molecule has 1 atom stereocenters. The van der Waals surface area contributed by atoms with E-state index >= 15 is 0 Å². The number of halogens is 1. The normalized spacial score (nSPS) is 32.3. The van der Waals surface area contributed by atoms with Gasteiger partial charge in [-0.3, -0.25) is 4.79 Å². The third-order valence-corrected chi connectivity index (χ3v) is 3.73. The molecule has 68 valence electrons. The van der Waals surface area contributed by atoms with E-state index < -0.39 is 0 Å². The summed E-state index contributed by atoms with van der Waals surface area (Å²) in [6, 6.07) is 0. The van der Waals surface area contributed by atoms with Gasteiger partial charge in [-0.05, 0) is 11.8 Å². The van der Waals surface area contributed by atoms with E-state index in [0.29, 0.717) is 11.1 Å². The maximum atomic E-state index is 11.7. The number of rotatable bonds is 2. The summed E-state index contributed by atoms with van der Waals surface area (Å²) in [5.74, 6) is 0.303. The van der Waals surface area contributed by atoms with Gasteiger partial charge in [-0.15, -0.1) is 0 Å². The van der Waals surface area contributed by atoms with Gasteiger partial charge in [0.25, 0.3) is 0 Å². The number of Topliss-reactive ketones (excluding diaryl/α,β-unsaturated/α-hetero) is 1. The van der Waals surface area contributed by atoms with Crippen LogP contribution in [0, 0.1) is 10.8 Å². The molecule has 0 saturated heterocycles. The minimum atomic E-state index is -0.198. The average molecular weight is 231 g/mol. The van der Waals surface area contributed by atoms with Crippen molar-refractivity contribution in [2.24, 2.45) is 10.8 Å². The molecule has 1 aliphatic carbocycles. The lowest BCUT2D eigenvalue weighted by atomic mass is 9.67. The second kappa shape index (κ2) is 2.99. The van der Waals surface area contributed by atoms with Gasteiger partial charge < -0.3 is 0 Å². The number of hydrogen-bond donors (Lipinski definition) is 0. The fraction of sp³-hybridized carbons (Fsp3) is 0.700. The van der Waals surface area contributed by atoms with Crippen molar-refractivity contribution in [2.75, 3.05) is 5.33 Å². The van der Waals surface area contributed by atoms with Crippen LogP contribution in [0.5, 0.6) is 0 Å². The van der Waals surface area contributed by atoms with Crippen LogP contribution in [0.25, 0.3) is 0 Å². The molecule has 0 unspecified atom stereocenters. The van der Waals surface area contributed by atoms with Crippen LogP contribution in [-0.2, 0) is 4.79 Å². The summed E-state index contributed by atoms with van der Waals surface area (Å²) in [6.45, 7) is 6.30. The summed E-state index contributed by atoms with van der Waals surface area (Å²) in [5, 5.41) is 0.467. The number of ketones is 1. The highest BCUT2D eigenvalue weighted by Crippen LogP contribution is 2.48. The van der Waals surface area contributed by atoms with Crippen LogP contribution in [0.15, 0.2) is 12.2 Å². The van der Waals surface area contributed by atoms with E-state index in [1.54, 1.807) is 0 Å². The average Bonchev–Trinajstić information content (AvgIpc) is 2.26. The molecule has 0 amide bonds. The van der Waals surface area contributed by atoms with Crippen molar-refractivity contribution in [2.45, 2.75) is 27.2 Å². The van der Waals surface area contributed by atoms with Gasteiger partial charge in [0.15, 0.2) is 0 Å². The molecule has 0 aromatic rings. The van der Waals surface area contributed by atoms with Crippen molar-refractivity contribution in [3.63, 3.8) is 0 Å². The van der Waals surface area contributed by atoms with Crippen LogP contribution < -0.4 is 0 Å². The summed E-state index contributed by atoms with van der Waals surface area (Å²) in [4.78, 5) is 11.7. The van der Waals surface area contributed by atoms with Crippen molar-refractivity contribution in [1.29, 1.82) is 0 Å². The molecule has 2 heteroatoms. The molecule has 0 saturated carbocycles. The standard InChI is InChI=1S/C10H15BrO/c1-9(2)5-4-6-10(9,3)8(12)7-11/h4-5H,6-7H2,1-3H3/t10-/m0/s1. The first-order chi connectivity index (χ1) is 5.44. The molecule has 0 N–H and O–H groups in total. The molecule has 0 bridgehead atoms. The highest BCUT2D eigenvalue weighted by atomic mass is 79.9. The maximum absolute atomic E-state index is 11.7. The van der Waals surface area contributed by atoms with Crippen molar-refractivity contribution in [1.82, 2.24) is 0 Å². The van der Waals surface area contributed by atoms with E-state index in [1.165, 1.54) is 0 Å². The Bertz CT molecular complexity index is 230. The van der Waals surface area contributed by atoms with Gasteiger partial charge in [-0.2, -0.15) is 0 Å². The zero-order valence-corrected chi connectivity index (χ0v) is 9.44. The van der Waals surface area contributed by atoms with E-state index in [1.807, 2.05) is 0 Å². The van der Waals surface area contributed by atoms with Crippen LogP contribution in [0.3, 0.4) is 0 Å². The summed E-state index contributed by atoms with van der Waals surface area (Å²) in [5.41, 5.74) is -0.186. The Morgan fingerprint density at radius 3 is 2.42 bits per heavy atom. The molecule has 1 rings (SSSR count). The fourth-order valence-electron chi connectivity index (χ4n) is 1.66. The Morgan fingerprint density at radius 1 is 1.50 bits per heavy atom. The molecule has 0 aromatic heterocycles. The van der Waals surface area contributed by atoms with Crippen LogP contribution in [0.4, 0.5) is 0 Å². The number of carbonyl (C=O) groups excluding carboxylic acids is 1. The first-order valence-electron chi connectivity index (χ1n) is 4.21. The molecular formula is C10H15BrO. The maximum Gasteiger partial charge on any atom is 0.150 e. The molecule has 0 radical (unpaired) electrons. The summed E-state index contributed by atoms with van der Waals surface area (Å²) >= 11 is 3.23. The largest absolute Gasteiger partial charge is 0.298 e. The minimum absolute atomic E-state index is 0.0118. The van der Waals surface area contributed by atoms with Gasteiger partial charge in [0, 0.05) is 5.41 Å². The van der Waals surface area contributed by atoms with Gasteiger partial charge >= 0.3 is 0 Å². The van der Waals surface area contributed by atoms with Gasteiger partial charge in [0.1, 0.15) is 5.78 Å². The summed E-state index contributed by atoms with van der Waals surface area (Å²) in [7, 11) is 0. The predicted octanol–water partition coefficient (Wildman–Crippen LogP) is 2.94. The number of alkyl halides is 1. The molecule has 0 spiro atoms. The molecule has 0 aromatic carbocycles. The SMILES string of the molecule is CC1(C)C=CC[C@@]1(C)C(=O)CBr. The Labute approximate surface area is 82.4 Å². The predicted molar refractivity (Wildman–Crippen MR) is 54.4 cm³/mol. The first-order valence-corrected chi connectivity index (χ1v) is 5.33. The lowest BCUT2D eigenvalue weighted by Crippen LogP contribution is -2.38. The van der Waals surface area contributed by atoms with Crippen molar-refractivity contribution >= 4 is 21.7 Å². The van der Waals surface area contributed by atoms with Gasteiger partial charge in [0.2, 0.25) is 0 Å². The van der Waals surface area contributed by atoms with E-state index in [2.05, 4.69) is 48.9 Å². The Kier molecular flexibility index (Phi) is 2.48. The number of hydrogen-bond acceptors (Lipinski definition) is 1. The topological polar surface area (TPSA) is 17.1 Å². The smallest absolute Gasteiger partial charge is 0.150 e. The van der Waals surface area contributed by atoms with Crippen LogP contribution >= 0.6 is 15.9 Å². The molecule has 0 heterocycles. The molecule has 1 aliphatic rings. The van der Waals surface area contributed by atoms with Crippen LogP contribution in [0.1, 0.15) is 27.2 Å². The minimum Gasteiger partial charge on any atom is -0.298 e. The second-order valence-electron chi connectivity index (χ2n) is 4.22. The quantitative estimate of drug-likeness (QED) is 0.527. The Balaban J connectivity index is 2.94. The first kappa shape index (κ1) is 9.97. The van der Waals surface area contributed by atoms with E-state index in [4.69, 9.17) is 0 Å². The molecule has 0 fully saturated rings. The van der Waals surface area contributed by atoms with Gasteiger partial charge in [0.05, 0.1) is 5.33 Å². The molecule has 1 nitrogen and oxygen atoms in total. The Morgan fingerprint density at radius 2 is 2.08 bits per heavy atom. The van der Waals surface area contributed by atoms with Crippen molar-refractivity contribution < 1.29 is 4.79 Å². The van der Waals surface area contributed by atoms with E-state index in [-0.39, 0.29) is 10.8 Å². The summed E-state index contributed by atoms with van der Waals surface area (Å²) < 4.78 is 0. The number of carbonyl (C=O) groups is 1. The summed E-state index contributed by atoms with van der Waals surface area (Å²) in [6.07, 6.45) is 5.14. The third-order valence-electron chi connectivity index (χ3n) is 3.22. The second-order valence-corrected chi connectivity index (χ2v) is 4.78. The molecule has 0 aliphatic heterocycles. The highest BCUT2D eigenvalue weighted by Gasteiger charge is 2.46. The molecule has 12 heavy (non-hydrogen) atoms. The van der Waals surface area contributed by atoms with Crippen LogP contribution in [0.2, 0.25) is 0 Å². The van der Waals surface area contributed by atoms with Gasteiger partial charge in [-0.25, -0.2) is 0 Å². The highest BCUT2D eigenvalue weighted by molar-refractivity contribution is 9.09.